The molecule has 1 N–H and O–H groups in total. The fourth-order valence-electron chi connectivity index (χ4n) is 3.13. The quantitative estimate of drug-likeness (QED) is 0.896. The number of amides is 1. The highest BCUT2D eigenvalue weighted by Gasteiger charge is 2.31. The van der Waals surface area contributed by atoms with Crippen LogP contribution >= 0.6 is 11.8 Å². The molecule has 1 aromatic carbocycles. The van der Waals surface area contributed by atoms with Gasteiger partial charge in [-0.05, 0) is 36.8 Å². The lowest BCUT2D eigenvalue weighted by atomic mass is 9.86. The molecule has 19 heavy (non-hydrogen) atoms. The van der Waals surface area contributed by atoms with Crippen LogP contribution in [-0.2, 0) is 11.2 Å². The van der Waals surface area contributed by atoms with Crippen LogP contribution in [0.1, 0.15) is 38.2 Å². The van der Waals surface area contributed by atoms with Gasteiger partial charge in [0.15, 0.2) is 0 Å². The highest BCUT2D eigenvalue weighted by atomic mass is 32.2. The Balaban J connectivity index is 1.60. The Morgan fingerprint density at radius 2 is 2.05 bits per heavy atom. The van der Waals surface area contributed by atoms with Gasteiger partial charge in [-0.15, -0.1) is 11.8 Å². The second kappa shape index (κ2) is 5.58. The van der Waals surface area contributed by atoms with Crippen LogP contribution in [0.2, 0.25) is 0 Å². The van der Waals surface area contributed by atoms with Crippen molar-refractivity contribution < 1.29 is 4.79 Å². The Morgan fingerprint density at radius 3 is 2.84 bits per heavy atom. The van der Waals surface area contributed by atoms with Crippen LogP contribution in [0.4, 0.5) is 0 Å². The SMILES string of the molecule is C[C@@H]1CCCC[C@@H]1NC(=O)[C@@H]1Cc2ccccc2S1. The molecular weight excluding hydrogens is 254 g/mol. The molecule has 1 aliphatic heterocycles. The van der Waals surface area contributed by atoms with Gasteiger partial charge in [0.1, 0.15) is 0 Å². The van der Waals surface area contributed by atoms with Gasteiger partial charge in [0, 0.05) is 10.9 Å². The van der Waals surface area contributed by atoms with Gasteiger partial charge in [-0.3, -0.25) is 4.79 Å². The van der Waals surface area contributed by atoms with Crippen LogP contribution in [0.5, 0.6) is 0 Å². The minimum Gasteiger partial charge on any atom is -0.352 e. The van der Waals surface area contributed by atoms with E-state index in [1.165, 1.54) is 29.7 Å². The smallest absolute Gasteiger partial charge is 0.234 e. The molecule has 2 nitrogen and oxygen atoms in total. The molecule has 3 heteroatoms. The average molecular weight is 275 g/mol. The fourth-order valence-corrected chi connectivity index (χ4v) is 4.34. The van der Waals surface area contributed by atoms with E-state index in [1.807, 2.05) is 0 Å². The number of hydrogen-bond acceptors (Lipinski definition) is 2. The summed E-state index contributed by atoms with van der Waals surface area (Å²) in [7, 11) is 0. The van der Waals surface area contributed by atoms with E-state index >= 15 is 0 Å². The number of carbonyl (C=O) groups excluding carboxylic acids is 1. The van der Waals surface area contributed by atoms with Gasteiger partial charge in [0.05, 0.1) is 5.25 Å². The van der Waals surface area contributed by atoms with Crippen molar-refractivity contribution in [2.75, 3.05) is 0 Å². The van der Waals surface area contributed by atoms with Gasteiger partial charge in [-0.25, -0.2) is 0 Å². The molecule has 1 saturated carbocycles. The number of fused-ring (bicyclic) bond motifs is 1. The zero-order valence-electron chi connectivity index (χ0n) is 11.4. The van der Waals surface area contributed by atoms with E-state index in [9.17, 15) is 4.79 Å². The molecular formula is C16H21NOS. The number of thioether (sulfide) groups is 1. The Bertz CT molecular complexity index is 449. The molecule has 1 aliphatic carbocycles. The molecule has 1 fully saturated rings. The Kier molecular flexibility index (Phi) is 3.83. The van der Waals surface area contributed by atoms with Crippen LogP contribution in [-0.4, -0.2) is 17.2 Å². The second-order valence-electron chi connectivity index (χ2n) is 5.80. The molecule has 0 saturated heterocycles. The van der Waals surface area contributed by atoms with E-state index in [2.05, 4.69) is 36.5 Å². The zero-order chi connectivity index (χ0) is 13.2. The standard InChI is InChI=1S/C16H21NOS/c1-11-6-2-4-8-13(11)17-16(18)15-10-12-7-3-5-9-14(12)19-15/h3,5,7,9,11,13,15H,2,4,6,8,10H2,1H3,(H,17,18)/t11-,13+,15+/m1/s1. The molecule has 0 unspecified atom stereocenters. The van der Waals surface area contributed by atoms with Gasteiger partial charge >= 0.3 is 0 Å². The number of hydrogen-bond donors (Lipinski definition) is 1. The highest BCUT2D eigenvalue weighted by molar-refractivity contribution is 8.01. The minimum atomic E-state index is 0.0755. The maximum atomic E-state index is 12.4. The predicted molar refractivity (Wildman–Crippen MR) is 79.4 cm³/mol. The lowest BCUT2D eigenvalue weighted by molar-refractivity contribution is -0.121. The molecule has 0 spiro atoms. The third-order valence-corrected chi connectivity index (χ3v) is 5.70. The van der Waals surface area contributed by atoms with Crippen molar-refractivity contribution in [3.63, 3.8) is 0 Å². The molecule has 3 atom stereocenters. The summed E-state index contributed by atoms with van der Waals surface area (Å²) in [5.74, 6) is 0.867. The normalized spacial score (nSPS) is 29.8. The monoisotopic (exact) mass is 275 g/mol. The number of benzene rings is 1. The average Bonchev–Trinajstić information content (AvgIpc) is 2.85. The van der Waals surface area contributed by atoms with Crippen molar-refractivity contribution in [2.24, 2.45) is 5.92 Å². The third-order valence-electron chi connectivity index (χ3n) is 4.38. The van der Waals surface area contributed by atoms with Crippen molar-refractivity contribution in [1.82, 2.24) is 5.32 Å². The summed E-state index contributed by atoms with van der Waals surface area (Å²) in [6.07, 6.45) is 5.86. The first-order valence-electron chi connectivity index (χ1n) is 7.29. The molecule has 2 aliphatic rings. The van der Waals surface area contributed by atoms with Crippen molar-refractivity contribution in [3.8, 4) is 0 Å². The first-order valence-corrected chi connectivity index (χ1v) is 8.17. The van der Waals surface area contributed by atoms with E-state index in [1.54, 1.807) is 11.8 Å². The van der Waals surface area contributed by atoms with Crippen LogP contribution < -0.4 is 5.32 Å². The first kappa shape index (κ1) is 13.0. The number of carbonyl (C=O) groups is 1. The summed E-state index contributed by atoms with van der Waals surface area (Å²) in [5, 5.41) is 3.36. The largest absolute Gasteiger partial charge is 0.352 e. The Hall–Kier alpha value is -0.960. The molecule has 1 heterocycles. The summed E-state index contributed by atoms with van der Waals surface area (Å²) >= 11 is 1.72. The summed E-state index contributed by atoms with van der Waals surface area (Å²) in [6.45, 7) is 2.26. The molecule has 0 bridgehead atoms. The summed E-state index contributed by atoms with van der Waals surface area (Å²) in [4.78, 5) is 13.7. The maximum Gasteiger partial charge on any atom is 0.234 e. The number of nitrogens with one attached hydrogen (secondary N) is 1. The topological polar surface area (TPSA) is 29.1 Å². The molecule has 1 amide bonds. The minimum absolute atomic E-state index is 0.0755. The van der Waals surface area contributed by atoms with Crippen LogP contribution in [0.25, 0.3) is 0 Å². The van der Waals surface area contributed by atoms with E-state index in [0.29, 0.717) is 12.0 Å². The Labute approximate surface area is 119 Å². The summed E-state index contributed by atoms with van der Waals surface area (Å²) in [5.41, 5.74) is 1.32. The number of rotatable bonds is 2. The molecule has 102 valence electrons. The van der Waals surface area contributed by atoms with Gasteiger partial charge in [-0.2, -0.15) is 0 Å². The van der Waals surface area contributed by atoms with Gasteiger partial charge < -0.3 is 5.32 Å². The van der Waals surface area contributed by atoms with Crippen LogP contribution in [0.15, 0.2) is 29.2 Å². The molecule has 3 rings (SSSR count). The van der Waals surface area contributed by atoms with Gasteiger partial charge in [-0.1, -0.05) is 38.0 Å². The van der Waals surface area contributed by atoms with Crippen LogP contribution in [0.3, 0.4) is 0 Å². The maximum absolute atomic E-state index is 12.4. The fraction of sp³-hybridized carbons (Fsp3) is 0.562. The van der Waals surface area contributed by atoms with E-state index in [4.69, 9.17) is 0 Å². The van der Waals surface area contributed by atoms with Gasteiger partial charge in [0.2, 0.25) is 5.91 Å². The van der Waals surface area contributed by atoms with Gasteiger partial charge in [0.25, 0.3) is 0 Å². The second-order valence-corrected chi connectivity index (χ2v) is 7.04. The van der Waals surface area contributed by atoms with Crippen molar-refractivity contribution in [3.05, 3.63) is 29.8 Å². The van der Waals surface area contributed by atoms with E-state index in [-0.39, 0.29) is 11.2 Å². The third kappa shape index (κ3) is 2.81. The zero-order valence-corrected chi connectivity index (χ0v) is 12.2. The van der Waals surface area contributed by atoms with E-state index in [0.717, 1.165) is 12.8 Å². The lowest BCUT2D eigenvalue weighted by Gasteiger charge is -2.30. The van der Waals surface area contributed by atoms with Crippen molar-refractivity contribution >= 4 is 17.7 Å². The van der Waals surface area contributed by atoms with Crippen LogP contribution in [0, 0.1) is 5.92 Å². The molecule has 1 aromatic rings. The van der Waals surface area contributed by atoms with E-state index < -0.39 is 0 Å². The van der Waals surface area contributed by atoms with Crippen molar-refractivity contribution in [1.29, 1.82) is 0 Å². The van der Waals surface area contributed by atoms with Crippen molar-refractivity contribution in [2.45, 2.75) is 55.2 Å². The lowest BCUT2D eigenvalue weighted by Crippen LogP contribution is -2.44. The summed E-state index contributed by atoms with van der Waals surface area (Å²) < 4.78 is 0. The highest BCUT2D eigenvalue weighted by Crippen LogP contribution is 2.37. The first-order chi connectivity index (χ1) is 9.24. The molecule has 0 aromatic heterocycles. The molecule has 0 radical (unpaired) electrons. The summed E-state index contributed by atoms with van der Waals surface area (Å²) in [6, 6.07) is 8.76. The Morgan fingerprint density at radius 1 is 1.26 bits per heavy atom. The predicted octanol–water partition coefficient (Wildman–Crippen LogP) is 3.40.